The molecule has 0 radical (unpaired) electrons. The summed E-state index contributed by atoms with van der Waals surface area (Å²) in [5.41, 5.74) is -41.9. The van der Waals surface area contributed by atoms with Crippen LogP contribution < -0.4 is 0 Å². The number of aliphatic hydroxyl groups is 2. The molecule has 4 saturated carbocycles. The number of esters is 1. The molecule has 29 heteroatoms. The molecule has 2 atom stereocenters. The standard InChI is InChI=1S/C20H7F25O4/c1-3(2)4(46)49-20(44,45)17(38,39)7-10(24,25)5(15(34,35)18(40,41)47)9(22,23)6(11(7,26)27,16(36,37)19(42,43)48)13(30,31)8(21,12(5,28)29)14(7,32)33/h47-48H,1H2,2H3. The third kappa shape index (κ3) is 3.01. The molecule has 0 aromatic rings. The van der Waals surface area contributed by atoms with Gasteiger partial charge in [0.15, 0.2) is 0 Å². The van der Waals surface area contributed by atoms with Crippen molar-refractivity contribution in [3.8, 4) is 0 Å². The van der Waals surface area contributed by atoms with Gasteiger partial charge in [-0.3, -0.25) is 0 Å². The molecule has 4 rings (SSSR count). The summed E-state index contributed by atoms with van der Waals surface area (Å²) in [6.07, 6.45) is -25.7. The Morgan fingerprint density at radius 3 is 0.918 bits per heavy atom. The summed E-state index contributed by atoms with van der Waals surface area (Å²) in [7, 11) is 0. The van der Waals surface area contributed by atoms with Crippen molar-refractivity contribution in [2.45, 2.75) is 84.2 Å². The summed E-state index contributed by atoms with van der Waals surface area (Å²) < 4.78 is 380. The Balaban J connectivity index is 3.07. The molecular formula is C20H7F25O4. The maximum absolute atomic E-state index is 15.9. The van der Waals surface area contributed by atoms with Crippen LogP contribution in [0.4, 0.5) is 110 Å². The fourth-order valence-corrected chi connectivity index (χ4v) is 6.70. The van der Waals surface area contributed by atoms with Crippen molar-refractivity contribution in [1.29, 1.82) is 0 Å². The minimum absolute atomic E-state index is 0.0188. The van der Waals surface area contributed by atoms with E-state index >= 15 is 65.9 Å². The average molecular weight is 786 g/mol. The number of hydrogen-bond donors (Lipinski definition) is 2. The first kappa shape index (κ1) is 40.8. The highest BCUT2D eigenvalue weighted by molar-refractivity contribution is 5.87. The second kappa shape index (κ2) is 8.87. The summed E-state index contributed by atoms with van der Waals surface area (Å²) in [5, 5.41) is 16.6. The summed E-state index contributed by atoms with van der Waals surface area (Å²) >= 11 is 0. The van der Waals surface area contributed by atoms with Gasteiger partial charge in [0.05, 0.1) is 0 Å². The Morgan fingerprint density at radius 2 is 0.714 bits per heavy atom. The van der Waals surface area contributed by atoms with Crippen LogP contribution in [-0.4, -0.2) is 93.5 Å². The highest BCUT2D eigenvalue weighted by Crippen LogP contribution is 2.99. The van der Waals surface area contributed by atoms with E-state index in [4.69, 9.17) is 10.2 Å². The van der Waals surface area contributed by atoms with E-state index in [9.17, 15) is 48.7 Å². The lowest BCUT2D eigenvalue weighted by atomic mass is 9.26. The Morgan fingerprint density at radius 1 is 0.490 bits per heavy atom. The summed E-state index contributed by atoms with van der Waals surface area (Å²) in [4.78, 5) is 11.4. The first-order chi connectivity index (χ1) is 20.8. The topological polar surface area (TPSA) is 66.8 Å². The molecule has 4 bridgehead atoms. The van der Waals surface area contributed by atoms with Crippen LogP contribution in [0.25, 0.3) is 0 Å². The largest absolute Gasteiger partial charge is 0.467 e. The number of alkyl halides is 25. The molecule has 286 valence electrons. The first-order valence-corrected chi connectivity index (χ1v) is 11.4. The lowest BCUT2D eigenvalue weighted by Crippen LogP contribution is -3.10. The van der Waals surface area contributed by atoms with Crippen LogP contribution >= 0.6 is 0 Å². The number of carbonyl (C=O) groups is 1. The fraction of sp³-hybridized carbons (Fsp3) is 0.850. The van der Waals surface area contributed by atoms with Crippen molar-refractivity contribution in [2.75, 3.05) is 0 Å². The van der Waals surface area contributed by atoms with Gasteiger partial charge < -0.3 is 14.9 Å². The van der Waals surface area contributed by atoms with Gasteiger partial charge in [0, 0.05) is 5.57 Å². The number of hydrogen-bond acceptors (Lipinski definition) is 4. The molecule has 0 aromatic carbocycles. The maximum Gasteiger partial charge on any atom is 0.467 e. The molecule has 0 aliphatic heterocycles. The molecule has 0 spiro atoms. The summed E-state index contributed by atoms with van der Waals surface area (Å²) in [6.45, 7) is 2.21. The van der Waals surface area contributed by atoms with Gasteiger partial charge in [-0.2, -0.15) is 52.7 Å². The molecule has 0 aromatic heterocycles. The smallest absolute Gasteiger partial charge is 0.393 e. The number of carbonyl (C=O) groups excluding carboxylic acids is 1. The second-order valence-electron chi connectivity index (χ2n) is 10.8. The lowest BCUT2D eigenvalue weighted by molar-refractivity contribution is -0.685. The molecule has 4 fully saturated rings. The van der Waals surface area contributed by atoms with E-state index in [-0.39, 0.29) is 6.92 Å². The monoisotopic (exact) mass is 786 g/mol. The van der Waals surface area contributed by atoms with Crippen molar-refractivity contribution >= 4 is 5.97 Å². The minimum Gasteiger partial charge on any atom is -0.393 e. The molecule has 49 heavy (non-hydrogen) atoms. The number of rotatable bonds is 8. The predicted octanol–water partition coefficient (Wildman–Crippen LogP) is 7.29. The van der Waals surface area contributed by atoms with E-state index in [1.807, 2.05) is 0 Å². The maximum atomic E-state index is 15.9. The quantitative estimate of drug-likeness (QED) is 0.154. The fourth-order valence-electron chi connectivity index (χ4n) is 6.70. The third-order valence-corrected chi connectivity index (χ3v) is 8.64. The molecule has 0 saturated heterocycles. The van der Waals surface area contributed by atoms with Crippen LogP contribution in [0.15, 0.2) is 12.2 Å². The first-order valence-electron chi connectivity index (χ1n) is 11.4. The van der Waals surface area contributed by atoms with E-state index < -0.39 is 105 Å². The Kier molecular flexibility index (Phi) is 7.39. The normalized spacial score (nSPS) is 36.0. The van der Waals surface area contributed by atoms with Gasteiger partial charge in [0.2, 0.25) is 16.2 Å². The van der Waals surface area contributed by atoms with E-state index in [1.165, 1.54) is 0 Å². The minimum atomic E-state index is -10.1. The molecule has 2 N–H and O–H groups in total. The van der Waals surface area contributed by atoms with Crippen molar-refractivity contribution in [1.82, 2.24) is 0 Å². The van der Waals surface area contributed by atoms with Crippen LogP contribution in [0, 0.1) is 16.2 Å². The third-order valence-electron chi connectivity index (χ3n) is 8.64. The molecular weight excluding hydrogens is 779 g/mol. The highest BCUT2D eigenvalue weighted by atomic mass is 19.4. The molecule has 4 aliphatic rings. The van der Waals surface area contributed by atoms with E-state index in [1.54, 1.807) is 0 Å². The SMILES string of the molecule is C=C(C)C(=O)OC(F)(F)C(F)(F)C12C(F)(F)C3(F)C(F)(F)C(C(F)(F)C(O)(F)F)(C(F)(F)C(C(F)(F)C(O)(F)F)(C3(F)F)C1(F)F)C2(F)F. The highest BCUT2D eigenvalue weighted by Gasteiger charge is 3.29. The zero-order chi connectivity index (χ0) is 39.9. The van der Waals surface area contributed by atoms with Crippen LogP contribution in [0.1, 0.15) is 6.92 Å². The van der Waals surface area contributed by atoms with Gasteiger partial charge in [-0.25, -0.2) is 61.9 Å². The van der Waals surface area contributed by atoms with Gasteiger partial charge in [-0.05, 0) is 6.92 Å². The van der Waals surface area contributed by atoms with Gasteiger partial charge in [-0.15, -0.1) is 0 Å². The van der Waals surface area contributed by atoms with E-state index in [0.29, 0.717) is 0 Å². The zero-order valence-corrected chi connectivity index (χ0v) is 21.9. The van der Waals surface area contributed by atoms with E-state index in [2.05, 4.69) is 11.3 Å². The predicted molar refractivity (Wildman–Crippen MR) is 95.8 cm³/mol. The van der Waals surface area contributed by atoms with E-state index in [0.717, 1.165) is 0 Å². The van der Waals surface area contributed by atoms with Crippen molar-refractivity contribution in [3.05, 3.63) is 12.2 Å². The van der Waals surface area contributed by atoms with Crippen LogP contribution in [0.2, 0.25) is 0 Å². The van der Waals surface area contributed by atoms with Crippen LogP contribution in [0.3, 0.4) is 0 Å². The van der Waals surface area contributed by atoms with Gasteiger partial charge in [-0.1, -0.05) is 6.58 Å². The van der Waals surface area contributed by atoms with Crippen LogP contribution in [-0.2, 0) is 9.53 Å². The number of ether oxygens (including phenoxy) is 1. The van der Waals surface area contributed by atoms with Crippen molar-refractivity contribution in [2.24, 2.45) is 16.2 Å². The Bertz CT molecular complexity index is 1400. The van der Waals surface area contributed by atoms with Crippen LogP contribution in [0.5, 0.6) is 0 Å². The zero-order valence-electron chi connectivity index (χ0n) is 21.9. The second-order valence-corrected chi connectivity index (χ2v) is 10.8. The number of halogens is 25. The lowest BCUT2D eigenvalue weighted by Gasteiger charge is -2.80. The van der Waals surface area contributed by atoms with Gasteiger partial charge >= 0.3 is 65.5 Å². The molecule has 4 nitrogen and oxygen atoms in total. The summed E-state index contributed by atoms with van der Waals surface area (Å²) in [6, 6.07) is 0. The molecule has 4 aliphatic carbocycles. The van der Waals surface area contributed by atoms with Gasteiger partial charge in [0.25, 0.3) is 17.8 Å². The average Bonchev–Trinajstić information content (AvgIpc) is 2.77. The molecule has 0 amide bonds. The van der Waals surface area contributed by atoms with Crippen molar-refractivity contribution < 1.29 is 130 Å². The molecule has 2 unspecified atom stereocenters. The van der Waals surface area contributed by atoms with Crippen molar-refractivity contribution in [3.63, 3.8) is 0 Å². The van der Waals surface area contributed by atoms with Gasteiger partial charge in [0.1, 0.15) is 0 Å². The Labute approximate surface area is 249 Å². The molecule has 0 heterocycles. The summed E-state index contributed by atoms with van der Waals surface area (Å²) in [5.74, 6) is -91.9. The Hall–Kier alpha value is -2.62.